The molecule has 0 amide bonds. The van der Waals surface area contributed by atoms with E-state index in [1.54, 1.807) is 12.3 Å². The summed E-state index contributed by atoms with van der Waals surface area (Å²) in [5.74, 6) is 0.790. The monoisotopic (exact) mass is 436 g/mol. The number of nitrogen functional groups attached to an aromatic ring is 1. The van der Waals surface area contributed by atoms with E-state index in [9.17, 15) is 9.50 Å². The van der Waals surface area contributed by atoms with Crippen LogP contribution in [0, 0.1) is 31.0 Å². The van der Waals surface area contributed by atoms with Gasteiger partial charge in [-0.05, 0) is 55.5 Å². The van der Waals surface area contributed by atoms with Crippen LogP contribution in [0.25, 0.3) is 10.9 Å². The summed E-state index contributed by atoms with van der Waals surface area (Å²) in [5.41, 5.74) is 11.2. The zero-order valence-corrected chi connectivity index (χ0v) is 18.7. The molecule has 4 N–H and O–H groups in total. The fraction of sp³-hybridized carbons (Fsp3) is 0.440. The van der Waals surface area contributed by atoms with Crippen molar-refractivity contribution < 1.29 is 14.2 Å². The molecule has 7 heteroatoms. The molecule has 6 nitrogen and oxygen atoms in total. The quantitative estimate of drug-likeness (QED) is 0.571. The summed E-state index contributed by atoms with van der Waals surface area (Å²) < 4.78 is 22.9. The van der Waals surface area contributed by atoms with Crippen molar-refractivity contribution in [3.63, 3.8) is 0 Å². The number of pyridine rings is 1. The Kier molecular flexibility index (Phi) is 4.97. The lowest BCUT2D eigenvalue weighted by atomic mass is 9.89. The molecule has 3 aromatic rings. The Morgan fingerprint density at radius 2 is 2.00 bits per heavy atom. The molecule has 32 heavy (non-hydrogen) atoms. The summed E-state index contributed by atoms with van der Waals surface area (Å²) in [5, 5.41) is 20.2. The maximum absolute atomic E-state index is 14.4. The Hall–Kier alpha value is -2.93. The topological polar surface area (TPSA) is 97.2 Å². The molecule has 1 saturated carbocycles. The fourth-order valence-electron chi connectivity index (χ4n) is 5.49. The van der Waals surface area contributed by atoms with E-state index in [0.29, 0.717) is 48.5 Å². The first kappa shape index (κ1) is 20.9. The summed E-state index contributed by atoms with van der Waals surface area (Å²) in [4.78, 5) is 4.30. The SMILES string of the molecule is Cc1cn(C2CC(Oc3ccc(F)c4c3CC(=N)CC4)C(C)[C@@H]2O)c2c(C)cnc(N)c12. The largest absolute Gasteiger partial charge is 0.490 e. The van der Waals surface area contributed by atoms with E-state index in [0.717, 1.165) is 27.6 Å². The Morgan fingerprint density at radius 1 is 1.22 bits per heavy atom. The van der Waals surface area contributed by atoms with Gasteiger partial charge < -0.3 is 25.6 Å². The van der Waals surface area contributed by atoms with Crippen molar-refractivity contribution >= 4 is 22.4 Å². The minimum absolute atomic E-state index is 0.110. The van der Waals surface area contributed by atoms with E-state index < -0.39 is 6.10 Å². The summed E-state index contributed by atoms with van der Waals surface area (Å²) in [6.07, 6.45) is 5.15. The molecule has 0 spiro atoms. The normalized spacial score (nSPS) is 25.3. The first-order valence-electron chi connectivity index (χ1n) is 11.2. The molecule has 168 valence electrons. The number of rotatable bonds is 3. The van der Waals surface area contributed by atoms with Gasteiger partial charge in [0.1, 0.15) is 23.5 Å². The van der Waals surface area contributed by atoms with Crippen molar-refractivity contribution in [1.82, 2.24) is 9.55 Å². The maximum Gasteiger partial charge on any atom is 0.133 e. The zero-order chi connectivity index (χ0) is 22.7. The van der Waals surface area contributed by atoms with E-state index in [-0.39, 0.29) is 23.9 Å². The van der Waals surface area contributed by atoms with Gasteiger partial charge in [-0.1, -0.05) is 6.92 Å². The summed E-state index contributed by atoms with van der Waals surface area (Å²) in [6.45, 7) is 6.01. The molecule has 4 atom stereocenters. The molecule has 0 aliphatic heterocycles. The molecule has 2 heterocycles. The lowest BCUT2D eigenvalue weighted by molar-refractivity contribution is 0.0745. The van der Waals surface area contributed by atoms with Crippen LogP contribution in [-0.4, -0.2) is 32.6 Å². The molecule has 1 fully saturated rings. The standard InChI is InChI=1S/C25H29FN4O2/c1-12-10-29-25(28)22-13(2)11-30(23(12)22)19-9-21(14(3)24(19)31)32-20-7-6-18(26)16-5-4-15(27)8-17(16)20/h6-7,10-11,14,19,21,24,27,31H,4-5,8-9H2,1-3H3,(H2,28,29)/t14?,19?,21?,24-/m0/s1. The van der Waals surface area contributed by atoms with E-state index in [1.165, 1.54) is 6.07 Å². The van der Waals surface area contributed by atoms with Crippen LogP contribution in [0.2, 0.25) is 0 Å². The van der Waals surface area contributed by atoms with Crippen LogP contribution < -0.4 is 10.5 Å². The number of hydrogen-bond acceptors (Lipinski definition) is 5. The zero-order valence-electron chi connectivity index (χ0n) is 18.7. The van der Waals surface area contributed by atoms with Crippen LogP contribution in [0.5, 0.6) is 5.75 Å². The van der Waals surface area contributed by atoms with Gasteiger partial charge in [-0.25, -0.2) is 9.37 Å². The van der Waals surface area contributed by atoms with Gasteiger partial charge in [0.2, 0.25) is 0 Å². The smallest absolute Gasteiger partial charge is 0.133 e. The molecule has 2 aliphatic rings. The molecule has 2 aromatic heterocycles. The van der Waals surface area contributed by atoms with Gasteiger partial charge >= 0.3 is 0 Å². The lowest BCUT2D eigenvalue weighted by Crippen LogP contribution is -2.27. The highest BCUT2D eigenvalue weighted by Gasteiger charge is 2.43. The highest BCUT2D eigenvalue weighted by atomic mass is 19.1. The number of aromatic nitrogens is 2. The Morgan fingerprint density at radius 3 is 2.78 bits per heavy atom. The second-order valence-electron chi connectivity index (χ2n) is 9.36. The number of aliphatic hydroxyl groups excluding tert-OH is 1. The number of fused-ring (bicyclic) bond motifs is 2. The molecule has 0 radical (unpaired) electrons. The van der Waals surface area contributed by atoms with Gasteiger partial charge in [0.15, 0.2) is 0 Å². The first-order chi connectivity index (χ1) is 15.3. The highest BCUT2D eigenvalue weighted by Crippen LogP contribution is 2.42. The van der Waals surface area contributed by atoms with Crippen LogP contribution in [0.15, 0.2) is 24.5 Å². The Bertz CT molecular complexity index is 1230. The average Bonchev–Trinajstić information content (AvgIpc) is 3.25. The number of nitrogens with one attached hydrogen (secondary N) is 1. The first-order valence-corrected chi connectivity index (χ1v) is 11.2. The van der Waals surface area contributed by atoms with Crippen molar-refractivity contribution in [2.75, 3.05) is 5.73 Å². The Balaban J connectivity index is 1.49. The highest BCUT2D eigenvalue weighted by molar-refractivity contribution is 5.94. The molecule has 5 rings (SSSR count). The molecule has 1 aromatic carbocycles. The summed E-state index contributed by atoms with van der Waals surface area (Å²) in [6, 6.07) is 2.96. The average molecular weight is 437 g/mol. The number of aryl methyl sites for hydroxylation is 2. The predicted molar refractivity (Wildman–Crippen MR) is 123 cm³/mol. The molecule has 0 saturated heterocycles. The molecule has 0 bridgehead atoms. The van der Waals surface area contributed by atoms with Crippen molar-refractivity contribution in [1.29, 1.82) is 5.41 Å². The van der Waals surface area contributed by atoms with E-state index in [4.69, 9.17) is 15.9 Å². The van der Waals surface area contributed by atoms with E-state index in [1.807, 2.05) is 27.0 Å². The number of nitrogens with zero attached hydrogens (tertiary/aromatic N) is 2. The van der Waals surface area contributed by atoms with Crippen LogP contribution in [0.3, 0.4) is 0 Å². The lowest BCUT2D eigenvalue weighted by Gasteiger charge is -2.25. The van der Waals surface area contributed by atoms with Crippen molar-refractivity contribution in [3.8, 4) is 5.75 Å². The van der Waals surface area contributed by atoms with E-state index in [2.05, 4.69) is 9.55 Å². The van der Waals surface area contributed by atoms with Crippen LogP contribution >= 0.6 is 0 Å². The second kappa shape index (κ2) is 7.59. The molecular weight excluding hydrogens is 407 g/mol. The Labute approximate surface area is 186 Å². The van der Waals surface area contributed by atoms with E-state index >= 15 is 0 Å². The third kappa shape index (κ3) is 3.18. The third-order valence-corrected chi connectivity index (χ3v) is 7.28. The van der Waals surface area contributed by atoms with Gasteiger partial charge in [-0.15, -0.1) is 0 Å². The molecular formula is C25H29FN4O2. The summed E-state index contributed by atoms with van der Waals surface area (Å²) in [7, 11) is 0. The van der Waals surface area contributed by atoms with Gasteiger partial charge in [0.05, 0.1) is 17.7 Å². The third-order valence-electron chi connectivity index (χ3n) is 7.28. The van der Waals surface area contributed by atoms with Gasteiger partial charge in [0.25, 0.3) is 0 Å². The van der Waals surface area contributed by atoms with Crippen LogP contribution in [0.4, 0.5) is 10.2 Å². The minimum atomic E-state index is -0.599. The molecule has 3 unspecified atom stereocenters. The van der Waals surface area contributed by atoms with Crippen molar-refractivity contribution in [2.45, 2.75) is 64.7 Å². The predicted octanol–water partition coefficient (Wildman–Crippen LogP) is 4.27. The maximum atomic E-state index is 14.4. The number of nitrogens with two attached hydrogens (primary N) is 1. The fourth-order valence-corrected chi connectivity index (χ4v) is 5.49. The number of aliphatic hydroxyl groups is 1. The second-order valence-corrected chi connectivity index (χ2v) is 9.36. The van der Waals surface area contributed by atoms with Crippen molar-refractivity contribution in [2.24, 2.45) is 5.92 Å². The van der Waals surface area contributed by atoms with Gasteiger partial charge in [-0.2, -0.15) is 0 Å². The molecule has 2 aliphatic carbocycles. The number of ether oxygens (including phenoxy) is 1. The number of benzene rings is 1. The van der Waals surface area contributed by atoms with Crippen LogP contribution in [0.1, 0.15) is 48.1 Å². The number of hydrogen-bond donors (Lipinski definition) is 3. The van der Waals surface area contributed by atoms with Crippen molar-refractivity contribution in [3.05, 3.63) is 52.6 Å². The number of anilines is 1. The summed E-state index contributed by atoms with van der Waals surface area (Å²) >= 11 is 0. The van der Waals surface area contributed by atoms with Gasteiger partial charge in [0, 0.05) is 47.8 Å². The minimum Gasteiger partial charge on any atom is -0.490 e. The van der Waals surface area contributed by atoms with Crippen LogP contribution in [-0.2, 0) is 12.8 Å². The van der Waals surface area contributed by atoms with Gasteiger partial charge in [-0.3, -0.25) is 0 Å². The number of halogens is 1.